The van der Waals surface area contributed by atoms with Crippen LogP contribution in [0.5, 0.6) is 0 Å². The Balaban J connectivity index is 2.13. The lowest BCUT2D eigenvalue weighted by molar-refractivity contribution is 0.0600. The van der Waals surface area contributed by atoms with Gasteiger partial charge in [-0.05, 0) is 45.8 Å². The van der Waals surface area contributed by atoms with Gasteiger partial charge in [-0.2, -0.15) is 0 Å². The number of thiophene rings is 1. The predicted molar refractivity (Wildman–Crippen MR) is 91.7 cm³/mol. The average molecular weight is 324 g/mol. The molecule has 0 spiro atoms. The third-order valence-corrected chi connectivity index (χ3v) is 6.03. The summed E-state index contributed by atoms with van der Waals surface area (Å²) in [5, 5.41) is 1.95. The largest absolute Gasteiger partial charge is 0.465 e. The number of esters is 1. The maximum Gasteiger partial charge on any atom is 0.338 e. The molecule has 1 aromatic heterocycles. The first kappa shape index (κ1) is 17.4. The fourth-order valence-corrected chi connectivity index (χ4v) is 4.67. The topological polar surface area (TPSA) is 32.8 Å². The zero-order valence-corrected chi connectivity index (χ0v) is 15.2. The first-order chi connectivity index (χ1) is 10.5. The van der Waals surface area contributed by atoms with E-state index in [2.05, 4.69) is 30.8 Å². The van der Waals surface area contributed by atoms with Crippen molar-refractivity contribution < 1.29 is 9.53 Å². The van der Waals surface area contributed by atoms with E-state index in [0.717, 1.165) is 30.6 Å². The predicted octanol–water partition coefficient (Wildman–Crippen LogP) is 3.32. The van der Waals surface area contributed by atoms with Crippen molar-refractivity contribution in [2.75, 3.05) is 34.3 Å². The van der Waals surface area contributed by atoms with Crippen molar-refractivity contribution in [1.29, 1.82) is 0 Å². The van der Waals surface area contributed by atoms with Crippen molar-refractivity contribution in [1.82, 2.24) is 9.80 Å². The SMILES string of the molecule is CCC(c1scc(C(=O)OC)c1C)N1CCC(N(C)C)CC1. The second-order valence-electron chi connectivity index (χ2n) is 6.29. The molecule has 22 heavy (non-hydrogen) atoms. The van der Waals surface area contributed by atoms with Gasteiger partial charge in [0.15, 0.2) is 0 Å². The van der Waals surface area contributed by atoms with Gasteiger partial charge in [0, 0.05) is 35.4 Å². The van der Waals surface area contributed by atoms with E-state index in [0.29, 0.717) is 12.1 Å². The lowest BCUT2D eigenvalue weighted by atomic mass is 9.99. The Hall–Kier alpha value is -0.910. The van der Waals surface area contributed by atoms with Gasteiger partial charge in [-0.25, -0.2) is 4.79 Å². The zero-order valence-electron chi connectivity index (χ0n) is 14.4. The minimum atomic E-state index is -0.221. The lowest BCUT2D eigenvalue weighted by Gasteiger charge is -2.39. The molecule has 5 heteroatoms. The molecular weight excluding hydrogens is 296 g/mol. The van der Waals surface area contributed by atoms with E-state index in [1.807, 2.05) is 12.3 Å². The number of carbonyl (C=O) groups excluding carboxylic acids is 1. The molecule has 0 aliphatic carbocycles. The highest BCUT2D eigenvalue weighted by molar-refractivity contribution is 7.10. The number of piperidine rings is 1. The molecule has 1 aliphatic heterocycles. The van der Waals surface area contributed by atoms with E-state index in [-0.39, 0.29) is 5.97 Å². The van der Waals surface area contributed by atoms with Crippen LogP contribution >= 0.6 is 11.3 Å². The molecule has 0 radical (unpaired) electrons. The molecule has 0 N–H and O–H groups in total. The van der Waals surface area contributed by atoms with E-state index < -0.39 is 0 Å². The molecule has 2 heterocycles. The molecule has 4 nitrogen and oxygen atoms in total. The maximum absolute atomic E-state index is 11.8. The van der Waals surface area contributed by atoms with Gasteiger partial charge in [-0.15, -0.1) is 11.3 Å². The highest BCUT2D eigenvalue weighted by Gasteiger charge is 2.29. The molecule has 0 aromatic carbocycles. The van der Waals surface area contributed by atoms with E-state index in [9.17, 15) is 4.79 Å². The molecule has 0 saturated carbocycles. The normalized spacial score (nSPS) is 18.6. The number of methoxy groups -OCH3 is 1. The van der Waals surface area contributed by atoms with E-state index in [1.165, 1.54) is 24.8 Å². The van der Waals surface area contributed by atoms with Crippen molar-refractivity contribution >= 4 is 17.3 Å². The van der Waals surface area contributed by atoms with Crippen LogP contribution in [0.4, 0.5) is 0 Å². The molecule has 0 amide bonds. The number of ether oxygens (including phenoxy) is 1. The van der Waals surface area contributed by atoms with Crippen LogP contribution in [-0.2, 0) is 4.74 Å². The van der Waals surface area contributed by atoms with Crippen LogP contribution in [0.2, 0.25) is 0 Å². The first-order valence-electron chi connectivity index (χ1n) is 8.06. The van der Waals surface area contributed by atoms with Gasteiger partial charge in [0.1, 0.15) is 0 Å². The number of hydrogen-bond acceptors (Lipinski definition) is 5. The monoisotopic (exact) mass is 324 g/mol. The summed E-state index contributed by atoms with van der Waals surface area (Å²) >= 11 is 1.70. The Kier molecular flexibility index (Phi) is 6.01. The summed E-state index contributed by atoms with van der Waals surface area (Å²) in [6, 6.07) is 1.12. The summed E-state index contributed by atoms with van der Waals surface area (Å²) in [5.41, 5.74) is 1.82. The first-order valence-corrected chi connectivity index (χ1v) is 8.94. The summed E-state index contributed by atoms with van der Waals surface area (Å²) in [6.07, 6.45) is 3.52. The van der Waals surface area contributed by atoms with Gasteiger partial charge in [-0.3, -0.25) is 4.90 Å². The molecule has 1 unspecified atom stereocenters. The standard InChI is InChI=1S/C17H28N2O2S/c1-6-15(19-9-7-13(8-10-19)18(3)4)16-12(2)14(11-22-16)17(20)21-5/h11,13,15H,6-10H2,1-5H3. The Labute approximate surface area is 138 Å². The van der Waals surface area contributed by atoms with Crippen LogP contribution in [0.1, 0.15) is 53.0 Å². The van der Waals surface area contributed by atoms with Gasteiger partial charge in [0.25, 0.3) is 0 Å². The number of rotatable bonds is 5. The fraction of sp³-hybridized carbons (Fsp3) is 0.706. The van der Waals surface area contributed by atoms with Gasteiger partial charge in [0.2, 0.25) is 0 Å². The molecule has 1 fully saturated rings. The van der Waals surface area contributed by atoms with Crippen molar-refractivity contribution in [3.8, 4) is 0 Å². The van der Waals surface area contributed by atoms with Crippen molar-refractivity contribution in [2.24, 2.45) is 0 Å². The lowest BCUT2D eigenvalue weighted by Crippen LogP contribution is -2.43. The van der Waals surface area contributed by atoms with Crippen molar-refractivity contribution in [3.63, 3.8) is 0 Å². The van der Waals surface area contributed by atoms with Crippen molar-refractivity contribution in [2.45, 2.75) is 45.2 Å². The molecule has 1 aliphatic rings. The smallest absolute Gasteiger partial charge is 0.338 e. The summed E-state index contributed by atoms with van der Waals surface area (Å²) < 4.78 is 4.88. The van der Waals surface area contributed by atoms with Crippen LogP contribution in [0.3, 0.4) is 0 Å². The number of nitrogens with zero attached hydrogens (tertiary/aromatic N) is 2. The summed E-state index contributed by atoms with van der Waals surface area (Å²) in [4.78, 5) is 18.1. The molecular formula is C17H28N2O2S. The number of carbonyl (C=O) groups is 1. The van der Waals surface area contributed by atoms with Crippen molar-refractivity contribution in [3.05, 3.63) is 21.4 Å². The Morgan fingerprint density at radius 2 is 2.09 bits per heavy atom. The molecule has 1 aromatic rings. The van der Waals surface area contributed by atoms with Crippen LogP contribution in [-0.4, -0.2) is 56.1 Å². The maximum atomic E-state index is 11.8. The summed E-state index contributed by atoms with van der Waals surface area (Å²) in [7, 11) is 5.79. The van der Waals surface area contributed by atoms with Crippen LogP contribution in [0.15, 0.2) is 5.38 Å². The van der Waals surface area contributed by atoms with E-state index >= 15 is 0 Å². The quantitative estimate of drug-likeness (QED) is 0.778. The average Bonchev–Trinajstić information content (AvgIpc) is 2.90. The van der Waals surface area contributed by atoms with Gasteiger partial charge in [0.05, 0.1) is 12.7 Å². The minimum Gasteiger partial charge on any atom is -0.465 e. The van der Waals surface area contributed by atoms with Gasteiger partial charge in [-0.1, -0.05) is 6.92 Å². The molecule has 0 bridgehead atoms. The molecule has 124 valence electrons. The highest BCUT2D eigenvalue weighted by Crippen LogP contribution is 2.35. The molecule has 1 saturated heterocycles. The van der Waals surface area contributed by atoms with Crippen LogP contribution in [0.25, 0.3) is 0 Å². The van der Waals surface area contributed by atoms with Gasteiger partial charge >= 0.3 is 5.97 Å². The van der Waals surface area contributed by atoms with E-state index in [4.69, 9.17) is 4.74 Å². The minimum absolute atomic E-state index is 0.221. The fourth-order valence-electron chi connectivity index (χ4n) is 3.39. The third-order valence-electron chi connectivity index (χ3n) is 4.84. The Morgan fingerprint density at radius 3 is 2.59 bits per heavy atom. The summed E-state index contributed by atoms with van der Waals surface area (Å²) in [5.74, 6) is -0.221. The number of hydrogen-bond donors (Lipinski definition) is 0. The Bertz CT molecular complexity index is 505. The van der Waals surface area contributed by atoms with Crippen LogP contribution in [0, 0.1) is 6.92 Å². The van der Waals surface area contributed by atoms with Gasteiger partial charge < -0.3 is 9.64 Å². The Morgan fingerprint density at radius 1 is 1.45 bits per heavy atom. The van der Waals surface area contributed by atoms with E-state index in [1.54, 1.807) is 11.3 Å². The second kappa shape index (κ2) is 7.57. The second-order valence-corrected chi connectivity index (χ2v) is 7.20. The number of likely N-dealkylation sites (tertiary alicyclic amines) is 1. The highest BCUT2D eigenvalue weighted by atomic mass is 32.1. The molecule has 2 rings (SSSR count). The zero-order chi connectivity index (χ0) is 16.3. The summed E-state index contributed by atoms with van der Waals surface area (Å²) in [6.45, 7) is 6.55. The third kappa shape index (κ3) is 3.53. The molecule has 1 atom stereocenters. The van der Waals surface area contributed by atoms with Crippen LogP contribution < -0.4 is 0 Å².